The summed E-state index contributed by atoms with van der Waals surface area (Å²) in [6.07, 6.45) is -0.0970. The van der Waals surface area contributed by atoms with E-state index in [0.717, 1.165) is 16.7 Å². The number of carbonyl (C=O) groups excluding carboxylic acids is 2. The van der Waals surface area contributed by atoms with E-state index in [1.165, 1.54) is 23.9 Å². The third-order valence-electron chi connectivity index (χ3n) is 6.17. The van der Waals surface area contributed by atoms with Gasteiger partial charge in [-0.1, -0.05) is 54.2 Å². The number of carbonyl (C=O) groups is 2. The number of non-ortho nitro benzene ring substituents is 1. The van der Waals surface area contributed by atoms with E-state index in [2.05, 4.69) is 10.3 Å². The highest BCUT2D eigenvalue weighted by Gasteiger charge is 2.42. The zero-order valence-electron chi connectivity index (χ0n) is 20.4. The number of aliphatic imine (C=N–C) groups is 2. The maximum atomic E-state index is 13.0. The van der Waals surface area contributed by atoms with Crippen LogP contribution in [0.3, 0.4) is 0 Å². The molecule has 0 fully saturated rings. The molecule has 2 aliphatic heterocycles. The van der Waals surface area contributed by atoms with E-state index in [1.807, 2.05) is 48.5 Å². The molecule has 5 rings (SSSR count). The smallest absolute Gasteiger partial charge is 0.271 e. The van der Waals surface area contributed by atoms with Gasteiger partial charge in [0.05, 0.1) is 24.1 Å². The fourth-order valence-corrected chi connectivity index (χ4v) is 5.26. The van der Waals surface area contributed by atoms with E-state index < -0.39 is 16.9 Å². The number of hydrogen-bond donors (Lipinski definition) is 1. The van der Waals surface area contributed by atoms with Crippen LogP contribution in [0, 0.1) is 10.1 Å². The molecule has 192 valence electrons. The third-order valence-corrected chi connectivity index (χ3v) is 7.19. The number of rotatable bonds is 8. The first-order chi connectivity index (χ1) is 18.4. The predicted octanol–water partition coefficient (Wildman–Crippen LogP) is 4.20. The number of benzene rings is 3. The standard InChI is InChI=1S/C27H23N5O5S/c1-37-23-9-5-2-6-18(23)15-28-24(33)14-22-26(34)30-25-20-7-3-4-8-21(20)29-27(31(22)25)38-16-17-10-12-19(13-11-17)32(35)36/h2-13,22H,14-16H2,1H3,(H,28,33). The SMILES string of the molecule is COc1ccccc1CNC(=O)CC1C(=O)N=C2c3ccccc3N=C(SCc3ccc([N+](=O)[O-])cc3)N21. The van der Waals surface area contributed by atoms with Crippen LogP contribution in [-0.2, 0) is 21.9 Å². The van der Waals surface area contributed by atoms with Gasteiger partial charge in [0.25, 0.3) is 11.6 Å². The summed E-state index contributed by atoms with van der Waals surface area (Å²) in [5.41, 5.74) is 3.10. The monoisotopic (exact) mass is 529 g/mol. The average Bonchev–Trinajstić information content (AvgIpc) is 3.26. The number of nitro benzene ring substituents is 1. The summed E-state index contributed by atoms with van der Waals surface area (Å²) < 4.78 is 5.34. The van der Waals surface area contributed by atoms with Crippen LogP contribution in [-0.4, -0.2) is 45.8 Å². The maximum Gasteiger partial charge on any atom is 0.271 e. The van der Waals surface area contributed by atoms with Gasteiger partial charge < -0.3 is 10.1 Å². The van der Waals surface area contributed by atoms with Crippen molar-refractivity contribution >= 4 is 46.0 Å². The lowest BCUT2D eigenvalue weighted by atomic mass is 10.1. The molecule has 10 nitrogen and oxygen atoms in total. The number of nitro groups is 1. The lowest BCUT2D eigenvalue weighted by Crippen LogP contribution is -2.45. The van der Waals surface area contributed by atoms with E-state index in [0.29, 0.717) is 28.2 Å². The predicted molar refractivity (Wildman–Crippen MR) is 145 cm³/mol. The van der Waals surface area contributed by atoms with Crippen molar-refractivity contribution in [3.8, 4) is 5.75 Å². The summed E-state index contributed by atoms with van der Waals surface area (Å²) in [5.74, 6) is 0.885. The molecule has 2 amide bonds. The van der Waals surface area contributed by atoms with Gasteiger partial charge >= 0.3 is 0 Å². The molecule has 2 aliphatic rings. The molecule has 3 aromatic rings. The largest absolute Gasteiger partial charge is 0.496 e. The highest BCUT2D eigenvalue weighted by molar-refractivity contribution is 8.13. The van der Waals surface area contributed by atoms with E-state index in [9.17, 15) is 19.7 Å². The normalized spacial score (nSPS) is 15.8. The number of methoxy groups -OCH3 is 1. The Kier molecular flexibility index (Phi) is 7.18. The maximum absolute atomic E-state index is 13.0. The van der Waals surface area contributed by atoms with Crippen molar-refractivity contribution in [3.63, 3.8) is 0 Å². The highest BCUT2D eigenvalue weighted by Crippen LogP contribution is 2.35. The van der Waals surface area contributed by atoms with Crippen LogP contribution in [0.15, 0.2) is 82.8 Å². The molecule has 0 bridgehead atoms. The van der Waals surface area contributed by atoms with Crippen molar-refractivity contribution < 1.29 is 19.2 Å². The van der Waals surface area contributed by atoms with Crippen LogP contribution in [0.25, 0.3) is 0 Å². The molecular formula is C27H23N5O5S. The van der Waals surface area contributed by atoms with Crippen molar-refractivity contribution in [1.82, 2.24) is 10.2 Å². The zero-order valence-corrected chi connectivity index (χ0v) is 21.2. The van der Waals surface area contributed by atoms with Gasteiger partial charge in [0.15, 0.2) is 5.17 Å². The van der Waals surface area contributed by atoms with Crippen LogP contribution in [0.1, 0.15) is 23.1 Å². The van der Waals surface area contributed by atoms with Gasteiger partial charge in [0.1, 0.15) is 17.6 Å². The molecule has 38 heavy (non-hydrogen) atoms. The minimum absolute atomic E-state index is 0.0152. The van der Waals surface area contributed by atoms with Crippen LogP contribution < -0.4 is 10.1 Å². The Balaban J connectivity index is 1.34. The van der Waals surface area contributed by atoms with E-state index in [4.69, 9.17) is 9.73 Å². The molecule has 0 saturated carbocycles. The molecule has 0 spiro atoms. The molecule has 1 N–H and O–H groups in total. The van der Waals surface area contributed by atoms with Gasteiger partial charge in [-0.25, -0.2) is 4.99 Å². The highest BCUT2D eigenvalue weighted by atomic mass is 32.2. The molecule has 3 aromatic carbocycles. The number of nitrogens with one attached hydrogen (secondary N) is 1. The van der Waals surface area contributed by atoms with E-state index >= 15 is 0 Å². The first kappa shape index (κ1) is 25.2. The van der Waals surface area contributed by atoms with Gasteiger partial charge in [-0.3, -0.25) is 24.6 Å². The minimum atomic E-state index is -0.834. The van der Waals surface area contributed by atoms with Crippen molar-refractivity contribution in [2.45, 2.75) is 24.8 Å². The molecule has 2 heterocycles. The number of nitrogens with zero attached hydrogens (tertiary/aromatic N) is 4. The van der Waals surface area contributed by atoms with Crippen molar-refractivity contribution in [1.29, 1.82) is 0 Å². The molecule has 0 saturated heterocycles. The van der Waals surface area contributed by atoms with E-state index in [-0.39, 0.29) is 24.6 Å². The molecule has 0 radical (unpaired) electrons. The Morgan fingerprint density at radius 1 is 1.08 bits per heavy atom. The molecular weight excluding hydrogens is 506 g/mol. The third kappa shape index (κ3) is 5.14. The van der Waals surface area contributed by atoms with E-state index in [1.54, 1.807) is 24.1 Å². The zero-order chi connectivity index (χ0) is 26.6. The Morgan fingerprint density at radius 3 is 2.58 bits per heavy atom. The number of amides is 2. The quantitative estimate of drug-likeness (QED) is 0.342. The lowest BCUT2D eigenvalue weighted by Gasteiger charge is -2.30. The molecule has 1 atom stereocenters. The fourth-order valence-electron chi connectivity index (χ4n) is 4.25. The summed E-state index contributed by atoms with van der Waals surface area (Å²) in [5, 5.41) is 14.4. The summed E-state index contributed by atoms with van der Waals surface area (Å²) in [6.45, 7) is 0.260. The first-order valence-corrected chi connectivity index (χ1v) is 12.8. The summed E-state index contributed by atoms with van der Waals surface area (Å²) in [6, 6.07) is 20.2. The van der Waals surface area contributed by atoms with Crippen LogP contribution in [0.5, 0.6) is 5.75 Å². The first-order valence-electron chi connectivity index (χ1n) is 11.8. The lowest BCUT2D eigenvalue weighted by molar-refractivity contribution is -0.384. The van der Waals surface area contributed by atoms with Gasteiger partial charge in [-0.05, 0) is 23.8 Å². The van der Waals surface area contributed by atoms with Gasteiger partial charge in [-0.2, -0.15) is 4.99 Å². The number of para-hydroxylation sites is 2. The molecule has 0 aromatic heterocycles. The van der Waals surface area contributed by atoms with Gasteiger partial charge in [0.2, 0.25) is 5.91 Å². The Bertz CT molecular complexity index is 1470. The topological polar surface area (TPSA) is 126 Å². The second-order valence-corrected chi connectivity index (χ2v) is 9.52. The van der Waals surface area contributed by atoms with Crippen LogP contribution in [0.2, 0.25) is 0 Å². The number of amidine groups is 2. The minimum Gasteiger partial charge on any atom is -0.496 e. The summed E-state index contributed by atoms with van der Waals surface area (Å²) >= 11 is 1.38. The number of fused-ring (bicyclic) bond motifs is 3. The second-order valence-electron chi connectivity index (χ2n) is 8.58. The summed E-state index contributed by atoms with van der Waals surface area (Å²) in [7, 11) is 1.57. The molecule has 0 aliphatic carbocycles. The van der Waals surface area contributed by atoms with Gasteiger partial charge in [-0.15, -0.1) is 0 Å². The van der Waals surface area contributed by atoms with Crippen molar-refractivity contribution in [2.24, 2.45) is 9.98 Å². The molecule has 1 unspecified atom stereocenters. The Morgan fingerprint density at radius 2 is 1.82 bits per heavy atom. The number of thioether (sulfide) groups is 1. The number of hydrogen-bond acceptors (Lipinski definition) is 8. The number of ether oxygens (including phenoxy) is 1. The van der Waals surface area contributed by atoms with Crippen molar-refractivity contribution in [3.05, 3.63) is 99.6 Å². The Labute approximate surface area is 222 Å². The van der Waals surface area contributed by atoms with Crippen LogP contribution in [0.4, 0.5) is 11.4 Å². The average molecular weight is 530 g/mol. The van der Waals surface area contributed by atoms with Gasteiger partial charge in [0, 0.05) is 35.6 Å². The summed E-state index contributed by atoms with van der Waals surface area (Å²) in [4.78, 5) is 47.3. The second kappa shape index (κ2) is 10.9. The van der Waals surface area contributed by atoms with Crippen molar-refractivity contribution in [2.75, 3.05) is 7.11 Å². The Hall–Kier alpha value is -4.51. The molecule has 11 heteroatoms. The van der Waals surface area contributed by atoms with Crippen LogP contribution >= 0.6 is 11.8 Å². The fraction of sp³-hybridized carbons (Fsp3) is 0.185.